The number of benzene rings is 3. The largest absolute Gasteiger partial charge is 0.460 e. The minimum atomic E-state index is -4.33. The number of aromatic amines is 1. The van der Waals surface area contributed by atoms with E-state index in [4.69, 9.17) is 23.0 Å². The Morgan fingerprint density at radius 3 is 2.64 bits per heavy atom. The van der Waals surface area contributed by atoms with E-state index in [9.17, 15) is 23.3 Å². The molecule has 1 aliphatic rings. The summed E-state index contributed by atoms with van der Waals surface area (Å²) >= 11 is 0. The van der Waals surface area contributed by atoms with Crippen LogP contribution >= 0.6 is 17.2 Å². The van der Waals surface area contributed by atoms with E-state index in [1.165, 1.54) is 6.92 Å². The van der Waals surface area contributed by atoms with E-state index in [-0.39, 0.29) is 25.4 Å². The van der Waals surface area contributed by atoms with Crippen molar-refractivity contribution in [1.29, 1.82) is 0 Å². The maximum atomic E-state index is 14.2. The number of hydrogen-bond acceptors (Lipinski definition) is 9. The van der Waals surface area contributed by atoms with Gasteiger partial charge >= 0.3 is 19.4 Å². The zero-order valence-corrected chi connectivity index (χ0v) is 25.5. The third kappa shape index (κ3) is 7.50. The quantitative estimate of drug-likeness (QED) is 0.170. The minimum Gasteiger partial charge on any atom is -0.460 e. The molecule has 0 spiro atoms. The Hall–Kier alpha value is -3.70. The monoisotopic (exact) mass is 645 g/mol. The Kier molecular flexibility index (Phi) is 10.1. The lowest BCUT2D eigenvalue weighted by Gasteiger charge is -2.25. The maximum Gasteiger partial charge on any atom is 0.459 e. The molecule has 232 valence electrons. The summed E-state index contributed by atoms with van der Waals surface area (Å²) in [6.07, 6.45) is -1.82. The van der Waals surface area contributed by atoms with Crippen molar-refractivity contribution in [2.24, 2.45) is 0 Å². The third-order valence-electron chi connectivity index (χ3n) is 6.90. The number of H-pyrrole nitrogens is 1. The van der Waals surface area contributed by atoms with Crippen molar-refractivity contribution in [3.8, 4) is 5.75 Å². The van der Waals surface area contributed by atoms with Gasteiger partial charge in [-0.05, 0) is 23.9 Å². The molecule has 1 fully saturated rings. The lowest BCUT2D eigenvalue weighted by molar-refractivity contribution is -0.146. The number of aromatic nitrogens is 2. The van der Waals surface area contributed by atoms with E-state index < -0.39 is 55.3 Å². The molecule has 44 heavy (non-hydrogen) atoms. The first-order chi connectivity index (χ1) is 21.2. The molecule has 0 bridgehead atoms. The zero-order valence-electron chi connectivity index (χ0n) is 23.5. The highest BCUT2D eigenvalue weighted by molar-refractivity contribution is 7.52. The second-order valence-electron chi connectivity index (χ2n) is 9.99. The Bertz CT molecular complexity index is 1780. The van der Waals surface area contributed by atoms with Gasteiger partial charge in [-0.25, -0.2) is 9.36 Å². The molecular weight excluding hydrogens is 615 g/mol. The number of nitrogens with zero attached hydrogens (tertiary/aromatic N) is 1. The molecule has 0 radical (unpaired) electrons. The molecule has 4 aromatic rings. The number of rotatable bonds is 12. The Morgan fingerprint density at radius 1 is 1.14 bits per heavy atom. The van der Waals surface area contributed by atoms with E-state index in [0.717, 1.165) is 21.7 Å². The molecule has 6 unspecified atom stereocenters. The summed E-state index contributed by atoms with van der Waals surface area (Å²) < 4.78 is 57.5. The van der Waals surface area contributed by atoms with Crippen LogP contribution in [0.4, 0.5) is 4.39 Å². The smallest absolute Gasteiger partial charge is 0.459 e. The van der Waals surface area contributed by atoms with Crippen molar-refractivity contribution in [1.82, 2.24) is 14.6 Å². The molecule has 12 nitrogen and oxygen atoms in total. The van der Waals surface area contributed by atoms with Crippen LogP contribution in [-0.4, -0.2) is 40.4 Å². The SMILES string of the molecule is CC(NP(=O)(OCC1OC(n2cc(F)c(=O)[nH]c2=O)CC1OP)Oc1cccc2ccccc12)C(=O)OCc1ccccc1. The first-order valence-electron chi connectivity index (χ1n) is 13.6. The van der Waals surface area contributed by atoms with Crippen molar-refractivity contribution < 1.29 is 36.8 Å². The topological polar surface area (TPSA) is 147 Å². The van der Waals surface area contributed by atoms with Crippen LogP contribution in [0.3, 0.4) is 0 Å². The number of carbonyl (C=O) groups excluding carboxylic acids is 1. The molecule has 15 heteroatoms. The van der Waals surface area contributed by atoms with Gasteiger partial charge in [0.15, 0.2) is 0 Å². The number of nitrogens with one attached hydrogen (secondary N) is 2. The van der Waals surface area contributed by atoms with Gasteiger partial charge < -0.3 is 18.5 Å². The lowest BCUT2D eigenvalue weighted by Crippen LogP contribution is -2.36. The highest BCUT2D eigenvalue weighted by Gasteiger charge is 2.41. The maximum absolute atomic E-state index is 14.2. The third-order valence-corrected chi connectivity index (χ3v) is 8.88. The molecule has 0 saturated carbocycles. The molecule has 2 heterocycles. The summed E-state index contributed by atoms with van der Waals surface area (Å²) in [5.41, 5.74) is -1.26. The van der Waals surface area contributed by atoms with Gasteiger partial charge in [0.25, 0.3) is 5.56 Å². The van der Waals surface area contributed by atoms with Crippen LogP contribution in [0.1, 0.15) is 25.1 Å². The van der Waals surface area contributed by atoms with E-state index in [2.05, 4.69) is 14.6 Å². The lowest BCUT2D eigenvalue weighted by atomic mass is 10.1. The minimum absolute atomic E-state index is 0.0102. The number of halogens is 1. The summed E-state index contributed by atoms with van der Waals surface area (Å²) in [6.45, 7) is 1.09. The van der Waals surface area contributed by atoms with Crippen LogP contribution in [0, 0.1) is 5.82 Å². The normalized spacial score (nSPS) is 20.2. The average Bonchev–Trinajstić information content (AvgIpc) is 3.44. The predicted molar refractivity (Wildman–Crippen MR) is 161 cm³/mol. The van der Waals surface area contributed by atoms with E-state index in [1.54, 1.807) is 36.4 Å². The van der Waals surface area contributed by atoms with E-state index in [1.807, 2.05) is 41.4 Å². The van der Waals surface area contributed by atoms with Crippen LogP contribution in [0.5, 0.6) is 5.75 Å². The van der Waals surface area contributed by atoms with E-state index in [0.29, 0.717) is 5.39 Å². The molecule has 0 aliphatic carbocycles. The van der Waals surface area contributed by atoms with Crippen LogP contribution in [0.25, 0.3) is 10.8 Å². The number of esters is 1. The fourth-order valence-corrected chi connectivity index (χ4v) is 6.46. The van der Waals surface area contributed by atoms with Crippen molar-refractivity contribution in [3.05, 3.63) is 111 Å². The summed E-state index contributed by atoms with van der Waals surface area (Å²) in [5.74, 6) is -1.62. The molecule has 6 atom stereocenters. The van der Waals surface area contributed by atoms with Gasteiger partial charge in [-0.2, -0.15) is 9.48 Å². The van der Waals surface area contributed by atoms with Gasteiger partial charge in [-0.1, -0.05) is 66.7 Å². The van der Waals surface area contributed by atoms with Gasteiger partial charge in [0, 0.05) is 21.3 Å². The second-order valence-corrected chi connectivity index (χ2v) is 12.0. The van der Waals surface area contributed by atoms with Crippen molar-refractivity contribution in [2.45, 2.75) is 44.4 Å². The Balaban J connectivity index is 1.35. The van der Waals surface area contributed by atoms with Crippen LogP contribution in [0.15, 0.2) is 88.6 Å². The summed E-state index contributed by atoms with van der Waals surface area (Å²) in [7, 11) is -2.24. The standard InChI is InChI=1S/C29H30FN3O9P2/c1-18(28(35)38-16-19-8-3-2-4-9-19)32-44(37,42-23-13-7-11-20-10-5-6-12-21(20)23)39-17-25-24(41-43)14-26(40-25)33-15-22(30)27(34)31-29(33)36/h2-13,15,18,24-26H,14,16-17,43H2,1H3,(H,32,37)(H,31,34,36). The fourth-order valence-electron chi connectivity index (χ4n) is 4.65. The summed E-state index contributed by atoms with van der Waals surface area (Å²) in [5, 5.41) is 4.13. The van der Waals surface area contributed by atoms with Crippen LogP contribution in [-0.2, 0) is 34.5 Å². The van der Waals surface area contributed by atoms with Crippen molar-refractivity contribution in [3.63, 3.8) is 0 Å². The molecule has 3 aromatic carbocycles. The van der Waals surface area contributed by atoms with Gasteiger partial charge in [0.2, 0.25) is 5.82 Å². The zero-order chi connectivity index (χ0) is 31.3. The van der Waals surface area contributed by atoms with Gasteiger partial charge in [-0.3, -0.25) is 23.7 Å². The van der Waals surface area contributed by atoms with Gasteiger partial charge in [0.05, 0.1) is 18.9 Å². The molecule has 1 saturated heterocycles. The molecule has 5 rings (SSSR count). The van der Waals surface area contributed by atoms with Crippen LogP contribution in [0.2, 0.25) is 0 Å². The Labute approximate surface area is 253 Å². The molecule has 1 aromatic heterocycles. The number of carbonyl (C=O) groups is 1. The van der Waals surface area contributed by atoms with Crippen LogP contribution < -0.4 is 20.9 Å². The number of hydrogen-bond donors (Lipinski definition) is 2. The van der Waals surface area contributed by atoms with E-state index >= 15 is 0 Å². The summed E-state index contributed by atoms with van der Waals surface area (Å²) in [4.78, 5) is 38.5. The summed E-state index contributed by atoms with van der Waals surface area (Å²) in [6, 6.07) is 20.5. The molecule has 1 aliphatic heterocycles. The highest BCUT2D eigenvalue weighted by atomic mass is 31.2. The second kappa shape index (κ2) is 13.9. The molecular formula is C29H30FN3O9P2. The molecule has 0 amide bonds. The first kappa shape index (κ1) is 31.7. The van der Waals surface area contributed by atoms with Gasteiger partial charge in [0.1, 0.15) is 30.7 Å². The number of fused-ring (bicyclic) bond motifs is 1. The first-order valence-corrected chi connectivity index (χ1v) is 15.6. The highest BCUT2D eigenvalue weighted by Crippen LogP contribution is 2.47. The molecule has 2 N–H and O–H groups in total. The number of ether oxygens (including phenoxy) is 2. The average molecular weight is 646 g/mol. The van der Waals surface area contributed by atoms with Crippen molar-refractivity contribution >= 4 is 34.0 Å². The fraction of sp³-hybridized carbons (Fsp3) is 0.276. The van der Waals surface area contributed by atoms with Gasteiger partial charge in [-0.15, -0.1) is 0 Å². The Morgan fingerprint density at radius 2 is 1.86 bits per heavy atom. The predicted octanol–water partition coefficient (Wildman–Crippen LogP) is 4.22. The van der Waals surface area contributed by atoms with Crippen molar-refractivity contribution in [2.75, 3.05) is 6.61 Å².